The van der Waals surface area contributed by atoms with Gasteiger partial charge in [0.15, 0.2) is 0 Å². The molecule has 3 rings (SSSR count). The fourth-order valence-electron chi connectivity index (χ4n) is 3.79. The van der Waals surface area contributed by atoms with Crippen LogP contribution in [0.3, 0.4) is 0 Å². The summed E-state index contributed by atoms with van der Waals surface area (Å²) in [6.07, 6.45) is 10.2. The molecule has 0 spiro atoms. The molecular weight excluding hydrogens is 463 g/mol. The molecule has 0 amide bonds. The van der Waals surface area contributed by atoms with Gasteiger partial charge in [0.05, 0.1) is 0 Å². The molecule has 0 aliphatic heterocycles. The summed E-state index contributed by atoms with van der Waals surface area (Å²) in [5.74, 6) is 0. The average molecular weight is 496 g/mol. The zero-order valence-corrected chi connectivity index (χ0v) is 20.0. The third-order valence-corrected chi connectivity index (χ3v) is 6.68. The minimum absolute atomic E-state index is 1.19. The largest absolute Gasteiger partial charge is 0.0654 e. The van der Waals surface area contributed by atoms with E-state index in [1.54, 1.807) is 0 Å². The summed E-state index contributed by atoms with van der Waals surface area (Å²) >= 11 is 2.50. The van der Waals surface area contributed by atoms with Crippen molar-refractivity contribution in [3.05, 3.63) is 81.4 Å². The first-order valence-electron chi connectivity index (χ1n) is 11.2. The molecule has 0 aromatic heterocycles. The maximum absolute atomic E-state index is 2.50. The second-order valence-corrected chi connectivity index (χ2v) is 9.16. The Kier molecular flexibility index (Phi) is 8.79. The predicted octanol–water partition coefficient (Wildman–Crippen LogP) is 9.09. The van der Waals surface area contributed by atoms with Gasteiger partial charge in [-0.1, -0.05) is 100 Å². The highest BCUT2D eigenvalue weighted by molar-refractivity contribution is 14.1. The molecule has 0 saturated carbocycles. The van der Waals surface area contributed by atoms with E-state index >= 15 is 0 Å². The van der Waals surface area contributed by atoms with Gasteiger partial charge in [0.1, 0.15) is 0 Å². The standard InChI is InChI=1S/C28H33I/c1-3-5-7-9-22-11-13-23(14-12-22)24-15-17-25(18-16-24)27-20-19-26(28(29)21-27)10-8-6-4-2/h11-21H,3-10H2,1-2H3. The Hall–Kier alpha value is -1.61. The molecule has 0 radical (unpaired) electrons. The quantitative estimate of drug-likeness (QED) is 0.194. The lowest BCUT2D eigenvalue weighted by molar-refractivity contribution is 0.716. The lowest BCUT2D eigenvalue weighted by Gasteiger charge is -2.09. The number of unbranched alkanes of at least 4 members (excludes halogenated alkanes) is 4. The number of benzene rings is 3. The van der Waals surface area contributed by atoms with Gasteiger partial charge in [-0.15, -0.1) is 0 Å². The second kappa shape index (κ2) is 11.5. The second-order valence-electron chi connectivity index (χ2n) is 7.99. The van der Waals surface area contributed by atoms with E-state index in [0.29, 0.717) is 0 Å². The molecule has 0 saturated heterocycles. The smallest absolute Gasteiger partial charge is 0.0168 e. The average Bonchev–Trinajstić information content (AvgIpc) is 2.76. The summed E-state index contributed by atoms with van der Waals surface area (Å²) in [5.41, 5.74) is 8.14. The lowest BCUT2D eigenvalue weighted by atomic mass is 9.97. The molecule has 0 aliphatic carbocycles. The van der Waals surface area contributed by atoms with Crippen molar-refractivity contribution in [2.75, 3.05) is 0 Å². The van der Waals surface area contributed by atoms with Crippen LogP contribution in [0.5, 0.6) is 0 Å². The maximum atomic E-state index is 2.50. The van der Waals surface area contributed by atoms with Crippen molar-refractivity contribution < 1.29 is 0 Å². The van der Waals surface area contributed by atoms with Gasteiger partial charge >= 0.3 is 0 Å². The van der Waals surface area contributed by atoms with Crippen LogP contribution in [0.2, 0.25) is 0 Å². The fourth-order valence-corrected chi connectivity index (χ4v) is 4.58. The Bertz CT molecular complexity index is 875. The van der Waals surface area contributed by atoms with Crippen molar-refractivity contribution in [2.24, 2.45) is 0 Å². The van der Waals surface area contributed by atoms with Crippen molar-refractivity contribution in [1.82, 2.24) is 0 Å². The molecule has 0 atom stereocenters. The van der Waals surface area contributed by atoms with E-state index in [-0.39, 0.29) is 0 Å². The van der Waals surface area contributed by atoms with Crippen LogP contribution < -0.4 is 0 Å². The topological polar surface area (TPSA) is 0 Å². The van der Waals surface area contributed by atoms with Gasteiger partial charge in [-0.25, -0.2) is 0 Å². The molecule has 0 fully saturated rings. The maximum Gasteiger partial charge on any atom is 0.0168 e. The van der Waals surface area contributed by atoms with Crippen LogP contribution in [0.25, 0.3) is 22.3 Å². The Morgan fingerprint density at radius 2 is 1.03 bits per heavy atom. The molecule has 0 aliphatic rings. The van der Waals surface area contributed by atoms with Crippen LogP contribution in [-0.4, -0.2) is 0 Å². The van der Waals surface area contributed by atoms with Crippen molar-refractivity contribution in [1.29, 1.82) is 0 Å². The zero-order chi connectivity index (χ0) is 20.5. The van der Waals surface area contributed by atoms with E-state index in [1.807, 2.05) is 0 Å². The summed E-state index contributed by atoms with van der Waals surface area (Å²) in [4.78, 5) is 0. The van der Waals surface area contributed by atoms with Gasteiger partial charge in [0, 0.05) is 3.57 Å². The van der Waals surface area contributed by atoms with Crippen LogP contribution >= 0.6 is 22.6 Å². The third kappa shape index (κ3) is 6.44. The molecule has 3 aromatic rings. The summed E-state index contributed by atoms with van der Waals surface area (Å²) < 4.78 is 1.39. The van der Waals surface area contributed by atoms with E-state index in [0.717, 1.165) is 0 Å². The van der Waals surface area contributed by atoms with Crippen molar-refractivity contribution in [2.45, 2.75) is 65.2 Å². The van der Waals surface area contributed by atoms with Crippen molar-refractivity contribution in [3.63, 3.8) is 0 Å². The number of aryl methyl sites for hydroxylation is 2. The molecule has 29 heavy (non-hydrogen) atoms. The SMILES string of the molecule is CCCCCc1ccc(-c2ccc(-c3ccc(CCCCC)c(I)c3)cc2)cc1. The van der Waals surface area contributed by atoms with Gasteiger partial charge in [-0.3, -0.25) is 0 Å². The minimum atomic E-state index is 1.19. The summed E-state index contributed by atoms with van der Waals surface area (Å²) in [6.45, 7) is 4.52. The van der Waals surface area contributed by atoms with Gasteiger partial charge in [-0.2, -0.15) is 0 Å². The van der Waals surface area contributed by atoms with E-state index < -0.39 is 0 Å². The molecule has 152 valence electrons. The summed E-state index contributed by atoms with van der Waals surface area (Å²) in [7, 11) is 0. The van der Waals surface area contributed by atoms with Crippen LogP contribution in [0, 0.1) is 3.57 Å². The molecular formula is C28H33I. The van der Waals surface area contributed by atoms with Crippen molar-refractivity contribution >= 4 is 22.6 Å². The minimum Gasteiger partial charge on any atom is -0.0654 e. The molecule has 0 N–H and O–H groups in total. The zero-order valence-electron chi connectivity index (χ0n) is 17.9. The summed E-state index contributed by atoms with van der Waals surface area (Å²) in [6, 6.07) is 25.1. The van der Waals surface area contributed by atoms with Crippen LogP contribution in [0.15, 0.2) is 66.7 Å². The Balaban J connectivity index is 1.67. The number of halogens is 1. The Morgan fingerprint density at radius 1 is 0.552 bits per heavy atom. The Labute approximate surface area is 190 Å². The van der Waals surface area contributed by atoms with Crippen LogP contribution in [0.1, 0.15) is 63.5 Å². The number of hydrogen-bond donors (Lipinski definition) is 0. The monoisotopic (exact) mass is 496 g/mol. The normalized spacial score (nSPS) is 11.0. The van der Waals surface area contributed by atoms with Gasteiger partial charge < -0.3 is 0 Å². The number of rotatable bonds is 10. The van der Waals surface area contributed by atoms with E-state index in [2.05, 4.69) is 103 Å². The van der Waals surface area contributed by atoms with Crippen LogP contribution in [-0.2, 0) is 12.8 Å². The first kappa shape index (κ1) is 22.1. The number of hydrogen-bond acceptors (Lipinski definition) is 0. The van der Waals surface area contributed by atoms with Gasteiger partial charge in [-0.05, 0) is 87.7 Å². The van der Waals surface area contributed by atoms with E-state index in [9.17, 15) is 0 Å². The molecule has 0 unspecified atom stereocenters. The van der Waals surface area contributed by atoms with E-state index in [4.69, 9.17) is 0 Å². The molecule has 0 heterocycles. The first-order valence-corrected chi connectivity index (χ1v) is 12.3. The molecule has 0 nitrogen and oxygen atoms in total. The van der Waals surface area contributed by atoms with Gasteiger partial charge in [0.25, 0.3) is 0 Å². The lowest BCUT2D eigenvalue weighted by Crippen LogP contribution is -1.91. The molecule has 3 aromatic carbocycles. The third-order valence-electron chi connectivity index (χ3n) is 5.68. The van der Waals surface area contributed by atoms with Gasteiger partial charge in [0.2, 0.25) is 0 Å². The first-order chi connectivity index (χ1) is 14.2. The highest BCUT2D eigenvalue weighted by Crippen LogP contribution is 2.28. The predicted molar refractivity (Wildman–Crippen MR) is 136 cm³/mol. The van der Waals surface area contributed by atoms with E-state index in [1.165, 1.54) is 88.3 Å². The molecule has 0 bridgehead atoms. The molecule has 1 heteroatoms. The van der Waals surface area contributed by atoms with Crippen LogP contribution in [0.4, 0.5) is 0 Å². The fraction of sp³-hybridized carbons (Fsp3) is 0.357. The summed E-state index contributed by atoms with van der Waals surface area (Å²) in [5, 5.41) is 0. The van der Waals surface area contributed by atoms with Crippen molar-refractivity contribution in [3.8, 4) is 22.3 Å². The Morgan fingerprint density at radius 3 is 1.59 bits per heavy atom. The highest BCUT2D eigenvalue weighted by atomic mass is 127. The highest BCUT2D eigenvalue weighted by Gasteiger charge is 2.05.